The molecule has 0 saturated carbocycles. The van der Waals surface area contributed by atoms with Crippen LogP contribution in [0.2, 0.25) is 18.1 Å². The third kappa shape index (κ3) is 6.18. The molecule has 0 radical (unpaired) electrons. The van der Waals surface area contributed by atoms with Gasteiger partial charge in [-0.05, 0) is 56.3 Å². The Bertz CT molecular complexity index is 654. The van der Waals surface area contributed by atoms with Crippen molar-refractivity contribution in [1.82, 2.24) is 4.90 Å². The lowest BCUT2D eigenvalue weighted by molar-refractivity contribution is -0.155. The highest BCUT2D eigenvalue weighted by atomic mass is 28.4. The van der Waals surface area contributed by atoms with E-state index in [1.54, 1.807) is 0 Å². The van der Waals surface area contributed by atoms with Crippen molar-refractivity contribution in [2.45, 2.75) is 103 Å². The van der Waals surface area contributed by atoms with Crippen molar-refractivity contribution >= 4 is 14.3 Å². The Morgan fingerprint density at radius 2 is 1.83 bits per heavy atom. The van der Waals surface area contributed by atoms with E-state index in [1.807, 2.05) is 6.92 Å². The zero-order chi connectivity index (χ0) is 22.4. The van der Waals surface area contributed by atoms with E-state index < -0.39 is 8.32 Å². The molecule has 1 aliphatic heterocycles. The van der Waals surface area contributed by atoms with Gasteiger partial charge >= 0.3 is 5.97 Å². The average molecular weight is 434 g/mol. The van der Waals surface area contributed by atoms with Crippen molar-refractivity contribution in [2.24, 2.45) is 0 Å². The number of hydrogen-bond acceptors (Lipinski definition) is 4. The summed E-state index contributed by atoms with van der Waals surface area (Å²) in [7, 11) is -1.91. The number of benzene rings is 1. The van der Waals surface area contributed by atoms with Crippen LogP contribution in [0.15, 0.2) is 30.3 Å². The molecule has 30 heavy (non-hydrogen) atoms. The summed E-state index contributed by atoms with van der Waals surface area (Å²) in [5.41, 5.74) is 1.23. The van der Waals surface area contributed by atoms with E-state index in [0.717, 1.165) is 32.1 Å². The van der Waals surface area contributed by atoms with Crippen LogP contribution >= 0.6 is 0 Å². The highest BCUT2D eigenvalue weighted by Gasteiger charge is 2.43. The van der Waals surface area contributed by atoms with Crippen LogP contribution in [0.3, 0.4) is 0 Å². The summed E-state index contributed by atoms with van der Waals surface area (Å²) >= 11 is 0. The van der Waals surface area contributed by atoms with Gasteiger partial charge in [0.05, 0.1) is 19.3 Å². The summed E-state index contributed by atoms with van der Waals surface area (Å²) in [6.07, 6.45) is 5.28. The molecule has 0 bridgehead atoms. The fraction of sp³-hybridized carbons (Fsp3) is 0.720. The molecule has 4 nitrogen and oxygen atoms in total. The van der Waals surface area contributed by atoms with Gasteiger partial charge in [-0.2, -0.15) is 0 Å². The molecule has 1 aromatic rings. The first-order valence-electron chi connectivity index (χ1n) is 11.7. The van der Waals surface area contributed by atoms with Crippen molar-refractivity contribution in [1.29, 1.82) is 0 Å². The molecule has 0 unspecified atom stereocenters. The van der Waals surface area contributed by atoms with Gasteiger partial charge in [0.25, 0.3) is 0 Å². The van der Waals surface area contributed by atoms with Gasteiger partial charge in [0, 0.05) is 6.04 Å². The molecule has 0 aliphatic carbocycles. The van der Waals surface area contributed by atoms with Gasteiger partial charge in [-0.15, -0.1) is 0 Å². The van der Waals surface area contributed by atoms with Crippen LogP contribution in [-0.2, 0) is 14.0 Å². The first-order valence-corrected chi connectivity index (χ1v) is 14.7. The van der Waals surface area contributed by atoms with E-state index in [9.17, 15) is 4.79 Å². The van der Waals surface area contributed by atoms with Crippen LogP contribution in [0.25, 0.3) is 0 Å². The van der Waals surface area contributed by atoms with Crippen LogP contribution in [-0.4, -0.2) is 44.5 Å². The number of esters is 1. The molecule has 1 aromatic carbocycles. The summed E-state index contributed by atoms with van der Waals surface area (Å²) in [6, 6.07) is 10.8. The number of carbonyl (C=O) groups excluding carboxylic acids is 1. The first kappa shape index (κ1) is 25.1. The van der Waals surface area contributed by atoms with Crippen molar-refractivity contribution in [3.05, 3.63) is 35.9 Å². The third-order valence-corrected chi connectivity index (χ3v) is 11.4. The quantitative estimate of drug-likeness (QED) is 0.337. The Morgan fingerprint density at radius 3 is 2.40 bits per heavy atom. The third-order valence-electron chi connectivity index (χ3n) is 6.93. The summed E-state index contributed by atoms with van der Waals surface area (Å²) < 4.78 is 12.2. The van der Waals surface area contributed by atoms with Crippen molar-refractivity contribution in [3.8, 4) is 0 Å². The molecule has 2 rings (SSSR count). The summed E-state index contributed by atoms with van der Waals surface area (Å²) in [5.74, 6) is -0.0773. The van der Waals surface area contributed by atoms with Crippen LogP contribution < -0.4 is 0 Å². The van der Waals surface area contributed by atoms with Gasteiger partial charge in [0.2, 0.25) is 0 Å². The predicted octanol–water partition coefficient (Wildman–Crippen LogP) is 6.34. The maximum atomic E-state index is 13.0. The second-order valence-electron chi connectivity index (χ2n) is 10.1. The van der Waals surface area contributed by atoms with Crippen LogP contribution in [0.5, 0.6) is 0 Å². The molecule has 1 aliphatic rings. The van der Waals surface area contributed by atoms with Crippen LogP contribution in [0, 0.1) is 0 Å². The first-order chi connectivity index (χ1) is 14.1. The lowest BCUT2D eigenvalue weighted by Crippen LogP contribution is -2.54. The molecule has 1 fully saturated rings. The van der Waals surface area contributed by atoms with E-state index >= 15 is 0 Å². The van der Waals surface area contributed by atoms with Crippen molar-refractivity contribution in [2.75, 3.05) is 13.2 Å². The molecule has 0 amide bonds. The lowest BCUT2D eigenvalue weighted by atomic mass is 9.89. The molecule has 0 spiro atoms. The number of rotatable bonds is 9. The SMILES string of the molecule is CCC[C@H]1CCC[C@@H](C(=O)OCC)N1[C@@H](CO[Si](C)(C)C(C)(C)C)c1ccccc1. The molecule has 5 heteroatoms. The number of hydrogen-bond donors (Lipinski definition) is 0. The summed E-state index contributed by atoms with van der Waals surface area (Å²) in [4.78, 5) is 15.4. The van der Waals surface area contributed by atoms with Gasteiger partial charge in [0.15, 0.2) is 8.32 Å². The molecular weight excluding hydrogens is 390 g/mol. The zero-order valence-corrected chi connectivity index (χ0v) is 21.2. The van der Waals surface area contributed by atoms with Crippen molar-refractivity contribution < 1.29 is 14.0 Å². The van der Waals surface area contributed by atoms with Gasteiger partial charge in [-0.1, -0.05) is 64.4 Å². The minimum atomic E-state index is -1.91. The standard InChI is InChI=1S/C25H43NO3Si/c1-8-14-21-17-13-18-22(24(27)28-9-2)26(21)23(20-15-11-10-12-16-20)19-29-30(6,7)25(3,4)5/h10-12,15-16,21-23H,8-9,13-14,17-19H2,1-7H3/t21-,22-,23-/m0/s1. The van der Waals surface area contributed by atoms with E-state index in [4.69, 9.17) is 9.16 Å². The fourth-order valence-electron chi connectivity index (χ4n) is 4.21. The topological polar surface area (TPSA) is 38.8 Å². The second-order valence-corrected chi connectivity index (χ2v) is 14.9. The number of carbonyl (C=O) groups is 1. The number of nitrogens with zero attached hydrogens (tertiary/aromatic N) is 1. The number of piperidine rings is 1. The molecule has 3 atom stereocenters. The normalized spacial score (nSPS) is 22.0. The fourth-order valence-corrected chi connectivity index (χ4v) is 5.22. The van der Waals surface area contributed by atoms with E-state index in [1.165, 1.54) is 5.56 Å². The Labute approximate surface area is 185 Å². The molecule has 170 valence electrons. The minimum absolute atomic E-state index is 0.0616. The zero-order valence-electron chi connectivity index (χ0n) is 20.2. The molecule has 0 N–H and O–H groups in total. The Balaban J connectivity index is 2.42. The van der Waals surface area contributed by atoms with E-state index in [-0.39, 0.29) is 23.1 Å². The maximum Gasteiger partial charge on any atom is 0.323 e. The average Bonchev–Trinajstić information content (AvgIpc) is 2.69. The summed E-state index contributed by atoms with van der Waals surface area (Å²) in [5, 5.41) is 0.152. The van der Waals surface area contributed by atoms with Gasteiger partial charge in [-0.25, -0.2) is 0 Å². The van der Waals surface area contributed by atoms with Crippen LogP contribution in [0.1, 0.15) is 78.3 Å². The number of ether oxygens (including phenoxy) is 1. The minimum Gasteiger partial charge on any atom is -0.465 e. The van der Waals surface area contributed by atoms with Gasteiger partial charge < -0.3 is 9.16 Å². The smallest absolute Gasteiger partial charge is 0.323 e. The van der Waals surface area contributed by atoms with E-state index in [0.29, 0.717) is 19.3 Å². The van der Waals surface area contributed by atoms with Gasteiger partial charge in [-0.3, -0.25) is 9.69 Å². The molecule has 1 saturated heterocycles. The molecular formula is C25H43NO3Si. The Kier molecular flexibility index (Phi) is 9.13. The highest BCUT2D eigenvalue weighted by Crippen LogP contribution is 2.40. The van der Waals surface area contributed by atoms with E-state index in [2.05, 4.69) is 76.0 Å². The highest BCUT2D eigenvalue weighted by molar-refractivity contribution is 6.74. The second kappa shape index (κ2) is 10.9. The lowest BCUT2D eigenvalue weighted by Gasteiger charge is -2.47. The van der Waals surface area contributed by atoms with Crippen LogP contribution in [0.4, 0.5) is 0 Å². The maximum absolute atomic E-state index is 13.0. The van der Waals surface area contributed by atoms with Crippen molar-refractivity contribution in [3.63, 3.8) is 0 Å². The Morgan fingerprint density at radius 1 is 1.17 bits per heavy atom. The molecule has 1 heterocycles. The summed E-state index contributed by atoms with van der Waals surface area (Å²) in [6.45, 7) is 16.6. The largest absolute Gasteiger partial charge is 0.465 e. The number of likely N-dealkylation sites (tertiary alicyclic amines) is 1. The molecule has 0 aromatic heterocycles. The Hall–Kier alpha value is -1.17. The van der Waals surface area contributed by atoms with Gasteiger partial charge in [0.1, 0.15) is 6.04 Å². The monoisotopic (exact) mass is 433 g/mol. The predicted molar refractivity (Wildman–Crippen MR) is 127 cm³/mol.